The Bertz CT molecular complexity index is 954. The lowest BCUT2D eigenvalue weighted by atomic mass is 10.2. The number of guanidine groups is 1. The summed E-state index contributed by atoms with van der Waals surface area (Å²) in [6.07, 6.45) is 0.00905. The Hall–Kier alpha value is -2.17. The molecule has 1 aromatic carbocycles. The summed E-state index contributed by atoms with van der Waals surface area (Å²) in [5.41, 5.74) is 0. The zero-order chi connectivity index (χ0) is 20.9. The maximum Gasteiger partial charge on any atom is 0.222 e. The normalized spacial score (nSPS) is 19.8. The van der Waals surface area contributed by atoms with E-state index in [2.05, 4.69) is 20.9 Å². The highest BCUT2D eigenvalue weighted by Gasteiger charge is 2.28. The molecule has 1 fully saturated rings. The molecule has 0 saturated carbocycles. The van der Waals surface area contributed by atoms with E-state index in [1.807, 2.05) is 30.3 Å². The highest BCUT2D eigenvalue weighted by Crippen LogP contribution is 2.29. The number of hydrogen-bond donors (Lipinski definition) is 4. The predicted octanol–water partition coefficient (Wildman–Crippen LogP) is 0.793. The van der Waals surface area contributed by atoms with Crippen molar-refractivity contribution in [2.75, 3.05) is 31.6 Å². The number of carbonyl (C=O) groups is 1. The van der Waals surface area contributed by atoms with E-state index in [4.69, 9.17) is 0 Å². The lowest BCUT2D eigenvalue weighted by molar-refractivity contribution is -0.121. The van der Waals surface area contributed by atoms with Gasteiger partial charge in [-0.3, -0.25) is 9.79 Å². The van der Waals surface area contributed by atoms with Crippen LogP contribution in [0, 0.1) is 0 Å². The van der Waals surface area contributed by atoms with Gasteiger partial charge in [0.25, 0.3) is 0 Å². The van der Waals surface area contributed by atoms with Crippen molar-refractivity contribution in [2.24, 2.45) is 4.99 Å². The van der Waals surface area contributed by atoms with E-state index in [9.17, 15) is 18.3 Å². The van der Waals surface area contributed by atoms with Crippen LogP contribution in [0.5, 0.6) is 0 Å². The van der Waals surface area contributed by atoms with Crippen LogP contribution in [0.15, 0.2) is 35.3 Å². The third kappa shape index (κ3) is 6.15. The van der Waals surface area contributed by atoms with Gasteiger partial charge in [0.1, 0.15) is 6.10 Å². The standard InChI is InChI=1S/C19H26N4O4S2/c1-20-19(21-8-6-18(25)23-14-7-9-29(26,27)12-14)22-11-15(24)17-10-13-4-2-3-5-16(13)28-17/h2-5,10,14-15,24H,6-9,11-12H2,1H3,(H,23,25)(H2,20,21,22). The van der Waals surface area contributed by atoms with Crippen LogP contribution in [-0.4, -0.2) is 63.1 Å². The fourth-order valence-corrected chi connectivity index (χ4v) is 5.91. The Kier molecular flexibility index (Phi) is 7.09. The molecule has 1 aromatic heterocycles. The summed E-state index contributed by atoms with van der Waals surface area (Å²) in [5.74, 6) is 0.446. The van der Waals surface area contributed by atoms with E-state index in [1.54, 1.807) is 18.4 Å². The smallest absolute Gasteiger partial charge is 0.222 e. The molecule has 1 aliphatic heterocycles. The molecule has 0 spiro atoms. The molecule has 1 saturated heterocycles. The van der Waals surface area contributed by atoms with Crippen LogP contribution in [0.1, 0.15) is 23.8 Å². The predicted molar refractivity (Wildman–Crippen MR) is 116 cm³/mol. The van der Waals surface area contributed by atoms with Crippen LogP contribution < -0.4 is 16.0 Å². The molecular weight excluding hydrogens is 412 g/mol. The second kappa shape index (κ2) is 9.55. The van der Waals surface area contributed by atoms with Crippen molar-refractivity contribution in [3.63, 3.8) is 0 Å². The first kappa shape index (κ1) is 21.5. The van der Waals surface area contributed by atoms with Crippen LogP contribution >= 0.6 is 11.3 Å². The minimum atomic E-state index is -3.01. The van der Waals surface area contributed by atoms with Crippen molar-refractivity contribution < 1.29 is 18.3 Å². The molecule has 0 radical (unpaired) electrons. The van der Waals surface area contributed by atoms with Crippen molar-refractivity contribution in [1.29, 1.82) is 0 Å². The minimum Gasteiger partial charge on any atom is -0.386 e. The molecule has 0 bridgehead atoms. The lowest BCUT2D eigenvalue weighted by Crippen LogP contribution is -2.42. The van der Waals surface area contributed by atoms with Crippen LogP contribution in [0.25, 0.3) is 10.1 Å². The number of aliphatic imine (C=N–C) groups is 1. The molecule has 2 heterocycles. The van der Waals surface area contributed by atoms with Gasteiger partial charge in [-0.2, -0.15) is 0 Å². The van der Waals surface area contributed by atoms with Gasteiger partial charge < -0.3 is 21.1 Å². The van der Waals surface area contributed by atoms with Crippen molar-refractivity contribution in [2.45, 2.75) is 25.0 Å². The fourth-order valence-electron chi connectivity index (χ4n) is 3.18. The average Bonchev–Trinajstić information content (AvgIpc) is 3.26. The van der Waals surface area contributed by atoms with Crippen molar-refractivity contribution >= 4 is 43.1 Å². The van der Waals surface area contributed by atoms with Crippen LogP contribution in [0.4, 0.5) is 0 Å². The van der Waals surface area contributed by atoms with E-state index in [1.165, 1.54) is 0 Å². The van der Waals surface area contributed by atoms with Crippen molar-refractivity contribution in [1.82, 2.24) is 16.0 Å². The van der Waals surface area contributed by atoms with Crippen LogP contribution in [0.2, 0.25) is 0 Å². The number of carbonyl (C=O) groups excluding carboxylic acids is 1. The summed E-state index contributed by atoms with van der Waals surface area (Å²) in [4.78, 5) is 16.9. The number of nitrogens with one attached hydrogen (secondary N) is 3. The van der Waals surface area contributed by atoms with Gasteiger partial charge in [0.05, 0.1) is 11.5 Å². The van der Waals surface area contributed by atoms with Gasteiger partial charge in [-0.05, 0) is 23.9 Å². The van der Waals surface area contributed by atoms with Gasteiger partial charge in [-0.1, -0.05) is 18.2 Å². The molecular formula is C19H26N4O4S2. The summed E-state index contributed by atoms with van der Waals surface area (Å²) in [5, 5.41) is 20.4. The van der Waals surface area contributed by atoms with Crippen molar-refractivity contribution in [3.8, 4) is 0 Å². The Labute approximate surface area is 174 Å². The average molecular weight is 439 g/mol. The third-order valence-corrected chi connectivity index (χ3v) is 7.69. The lowest BCUT2D eigenvalue weighted by Gasteiger charge is -2.15. The number of aliphatic hydroxyl groups excluding tert-OH is 1. The van der Waals surface area contributed by atoms with E-state index in [0.29, 0.717) is 25.5 Å². The quantitative estimate of drug-likeness (QED) is 0.375. The number of sulfone groups is 1. The minimum absolute atomic E-state index is 0.0189. The molecule has 2 unspecified atom stereocenters. The highest BCUT2D eigenvalue weighted by molar-refractivity contribution is 7.91. The van der Waals surface area contributed by atoms with E-state index in [-0.39, 0.29) is 29.9 Å². The number of amides is 1. The molecule has 158 valence electrons. The van der Waals surface area contributed by atoms with Gasteiger partial charge >= 0.3 is 0 Å². The fraction of sp³-hybridized carbons (Fsp3) is 0.474. The summed E-state index contributed by atoms with van der Waals surface area (Å²) >= 11 is 1.56. The molecule has 0 aliphatic carbocycles. The van der Waals surface area contributed by atoms with Crippen LogP contribution in [-0.2, 0) is 14.6 Å². The first-order valence-corrected chi connectivity index (χ1v) is 12.1. The molecule has 3 rings (SSSR count). The summed E-state index contributed by atoms with van der Waals surface area (Å²) in [6, 6.07) is 9.67. The van der Waals surface area contributed by atoms with Gasteiger partial charge in [-0.15, -0.1) is 11.3 Å². The maximum absolute atomic E-state index is 12.0. The molecule has 8 nitrogen and oxygen atoms in total. The van der Waals surface area contributed by atoms with E-state index < -0.39 is 15.9 Å². The number of hydrogen-bond acceptors (Lipinski definition) is 6. The van der Waals surface area contributed by atoms with Gasteiger partial charge in [0.2, 0.25) is 5.91 Å². The zero-order valence-electron chi connectivity index (χ0n) is 16.2. The molecule has 29 heavy (non-hydrogen) atoms. The molecule has 1 amide bonds. The van der Waals surface area contributed by atoms with Crippen molar-refractivity contribution in [3.05, 3.63) is 35.2 Å². The van der Waals surface area contributed by atoms with Gasteiger partial charge in [-0.25, -0.2) is 8.42 Å². The van der Waals surface area contributed by atoms with E-state index in [0.717, 1.165) is 15.0 Å². The number of benzene rings is 1. The Morgan fingerprint density at radius 1 is 1.34 bits per heavy atom. The monoisotopic (exact) mass is 438 g/mol. The topological polar surface area (TPSA) is 120 Å². The van der Waals surface area contributed by atoms with Crippen LogP contribution in [0.3, 0.4) is 0 Å². The van der Waals surface area contributed by atoms with Gasteiger partial charge in [0.15, 0.2) is 15.8 Å². The number of thiophene rings is 1. The number of aliphatic hydroxyl groups is 1. The number of fused-ring (bicyclic) bond motifs is 1. The number of nitrogens with zero attached hydrogens (tertiary/aromatic N) is 1. The Morgan fingerprint density at radius 2 is 2.14 bits per heavy atom. The molecule has 2 aromatic rings. The highest BCUT2D eigenvalue weighted by atomic mass is 32.2. The summed E-state index contributed by atoms with van der Waals surface area (Å²) in [6.45, 7) is 0.641. The maximum atomic E-state index is 12.0. The Morgan fingerprint density at radius 3 is 2.83 bits per heavy atom. The third-order valence-electron chi connectivity index (χ3n) is 4.70. The number of rotatable bonds is 7. The SMILES string of the molecule is CN=C(NCCC(=O)NC1CCS(=O)(=O)C1)NCC(O)c1cc2ccccc2s1. The first-order chi connectivity index (χ1) is 13.9. The molecule has 2 atom stereocenters. The largest absolute Gasteiger partial charge is 0.386 e. The summed E-state index contributed by atoms with van der Waals surface area (Å²) < 4.78 is 24.0. The molecule has 4 N–H and O–H groups in total. The second-order valence-corrected chi connectivity index (χ2v) is 10.3. The Balaban J connectivity index is 1.39. The second-order valence-electron chi connectivity index (χ2n) is 7.00. The molecule has 1 aliphatic rings. The first-order valence-electron chi connectivity index (χ1n) is 9.47. The molecule has 10 heteroatoms. The summed E-state index contributed by atoms with van der Waals surface area (Å²) in [7, 11) is -1.39. The van der Waals surface area contributed by atoms with E-state index >= 15 is 0 Å². The zero-order valence-corrected chi connectivity index (χ0v) is 17.9. The van der Waals surface area contributed by atoms with Gasteiger partial charge in [0, 0.05) is 42.2 Å².